The first kappa shape index (κ1) is 16.0. The second-order valence-electron chi connectivity index (χ2n) is 6.01. The van der Waals surface area contributed by atoms with Crippen molar-refractivity contribution in [2.45, 2.75) is 58.9 Å². The molecule has 0 heterocycles. The van der Waals surface area contributed by atoms with Gasteiger partial charge in [-0.05, 0) is 38.8 Å². The van der Waals surface area contributed by atoms with Crippen LogP contribution in [0.2, 0.25) is 0 Å². The average Bonchev–Trinajstić information content (AvgIpc) is 2.38. The quantitative estimate of drug-likeness (QED) is 0.752. The first-order chi connectivity index (χ1) is 8.94. The molecule has 0 radical (unpaired) electrons. The molecular formula is C17H30N2. The molecule has 2 nitrogen and oxygen atoms in total. The minimum Gasteiger partial charge on any atom is -0.368 e. The maximum Gasteiger partial charge on any atom is 0.0493 e. The van der Waals surface area contributed by atoms with Gasteiger partial charge in [-0.1, -0.05) is 43.9 Å². The van der Waals surface area contributed by atoms with Gasteiger partial charge in [-0.15, -0.1) is 0 Å². The summed E-state index contributed by atoms with van der Waals surface area (Å²) in [5, 5.41) is 0. The summed E-state index contributed by atoms with van der Waals surface area (Å²) in [4.78, 5) is 2.37. The van der Waals surface area contributed by atoms with Gasteiger partial charge in [0.2, 0.25) is 0 Å². The molecule has 1 aromatic rings. The molecule has 0 aliphatic rings. The Morgan fingerprint density at radius 1 is 1.21 bits per heavy atom. The fourth-order valence-electron chi connectivity index (χ4n) is 2.64. The normalized spacial score (nSPS) is 14.2. The van der Waals surface area contributed by atoms with Crippen LogP contribution in [0.4, 0.5) is 5.69 Å². The van der Waals surface area contributed by atoms with Crippen molar-refractivity contribution < 1.29 is 0 Å². The summed E-state index contributed by atoms with van der Waals surface area (Å²) in [6, 6.07) is 6.65. The van der Waals surface area contributed by atoms with Crippen LogP contribution in [-0.4, -0.2) is 19.1 Å². The van der Waals surface area contributed by atoms with Gasteiger partial charge in [-0.2, -0.15) is 0 Å². The van der Waals surface area contributed by atoms with Gasteiger partial charge < -0.3 is 10.6 Å². The molecule has 108 valence electrons. The van der Waals surface area contributed by atoms with Gasteiger partial charge in [-0.25, -0.2) is 0 Å². The molecule has 0 amide bonds. The van der Waals surface area contributed by atoms with Gasteiger partial charge >= 0.3 is 0 Å². The zero-order chi connectivity index (χ0) is 14.5. The Morgan fingerprint density at radius 3 is 2.42 bits per heavy atom. The minimum atomic E-state index is 0.0508. The third kappa shape index (κ3) is 3.97. The van der Waals surface area contributed by atoms with Crippen LogP contribution in [0.1, 0.15) is 50.7 Å². The van der Waals surface area contributed by atoms with E-state index in [2.05, 4.69) is 57.8 Å². The van der Waals surface area contributed by atoms with Gasteiger partial charge in [-0.3, -0.25) is 0 Å². The Hall–Kier alpha value is -1.02. The molecule has 1 unspecified atom stereocenters. The Morgan fingerprint density at radius 2 is 1.89 bits per heavy atom. The maximum absolute atomic E-state index is 6.07. The van der Waals surface area contributed by atoms with E-state index in [1.54, 1.807) is 0 Å². The summed E-state index contributed by atoms with van der Waals surface area (Å²) in [6.45, 7) is 9.54. The highest BCUT2D eigenvalue weighted by atomic mass is 15.2. The number of nitrogens with zero attached hydrogens (tertiary/aromatic N) is 1. The maximum atomic E-state index is 6.07. The molecule has 2 heteroatoms. The molecule has 0 aliphatic heterocycles. The van der Waals surface area contributed by atoms with Gasteiger partial charge in [0.05, 0.1) is 0 Å². The van der Waals surface area contributed by atoms with Crippen LogP contribution in [0.5, 0.6) is 0 Å². The van der Waals surface area contributed by atoms with E-state index in [4.69, 9.17) is 5.73 Å². The Kier molecular flexibility index (Phi) is 5.86. The molecule has 1 rings (SSSR count). The first-order valence-corrected chi connectivity index (χ1v) is 7.45. The highest BCUT2D eigenvalue weighted by Crippen LogP contribution is 2.29. The number of unbranched alkanes of at least 4 members (excludes halogenated alkanes) is 2. The lowest BCUT2D eigenvalue weighted by Gasteiger charge is -2.41. The van der Waals surface area contributed by atoms with Gasteiger partial charge in [0.1, 0.15) is 0 Å². The summed E-state index contributed by atoms with van der Waals surface area (Å²) >= 11 is 0. The van der Waals surface area contributed by atoms with Crippen molar-refractivity contribution >= 4 is 5.69 Å². The van der Waals surface area contributed by atoms with E-state index in [-0.39, 0.29) is 5.54 Å². The van der Waals surface area contributed by atoms with Crippen LogP contribution in [0.15, 0.2) is 18.2 Å². The van der Waals surface area contributed by atoms with E-state index in [1.807, 2.05) is 0 Å². The summed E-state index contributed by atoms with van der Waals surface area (Å²) < 4.78 is 0. The number of hydrogen-bond acceptors (Lipinski definition) is 2. The van der Waals surface area contributed by atoms with E-state index in [0.717, 1.165) is 6.42 Å². The summed E-state index contributed by atoms with van der Waals surface area (Å²) in [5.74, 6) is 0. The first-order valence-electron chi connectivity index (χ1n) is 7.45. The third-order valence-corrected chi connectivity index (χ3v) is 4.28. The van der Waals surface area contributed by atoms with Crippen LogP contribution >= 0.6 is 0 Å². The van der Waals surface area contributed by atoms with Crippen molar-refractivity contribution in [2.75, 3.05) is 18.5 Å². The Bertz CT molecular complexity index is 400. The predicted molar refractivity (Wildman–Crippen MR) is 85.9 cm³/mol. The second-order valence-corrected chi connectivity index (χ2v) is 6.01. The number of rotatable bonds is 7. The van der Waals surface area contributed by atoms with E-state index < -0.39 is 0 Å². The average molecular weight is 262 g/mol. The number of hydrogen-bond donors (Lipinski definition) is 1. The fourth-order valence-corrected chi connectivity index (χ4v) is 2.64. The second kappa shape index (κ2) is 6.95. The number of nitrogens with two attached hydrogens (primary N) is 1. The topological polar surface area (TPSA) is 29.3 Å². The smallest absolute Gasteiger partial charge is 0.0493 e. The van der Waals surface area contributed by atoms with Crippen LogP contribution in [0.25, 0.3) is 0 Å². The SMILES string of the molecule is CCCCCC(C)(CN)N(C)c1ccc(C)cc1C. The Labute approximate surface area is 119 Å². The van der Waals surface area contributed by atoms with Gasteiger partial charge in [0, 0.05) is 24.8 Å². The standard InChI is InChI=1S/C17H30N2/c1-6-7-8-11-17(4,13-18)19(5)16-10-9-14(2)12-15(16)3/h9-10,12H,6-8,11,13,18H2,1-5H3. The van der Waals surface area contributed by atoms with Crippen LogP contribution in [0.3, 0.4) is 0 Å². The van der Waals surface area contributed by atoms with Crippen molar-refractivity contribution in [3.63, 3.8) is 0 Å². The van der Waals surface area contributed by atoms with Crippen LogP contribution in [-0.2, 0) is 0 Å². The zero-order valence-electron chi connectivity index (χ0n) is 13.3. The number of benzene rings is 1. The highest BCUT2D eigenvalue weighted by Gasteiger charge is 2.28. The predicted octanol–water partition coefficient (Wildman–Crippen LogP) is 4.04. The monoisotopic (exact) mass is 262 g/mol. The molecule has 0 fully saturated rings. The van der Waals surface area contributed by atoms with Gasteiger partial charge in [0.25, 0.3) is 0 Å². The summed E-state index contributed by atoms with van der Waals surface area (Å²) in [5.41, 5.74) is 10.1. The number of aryl methyl sites for hydroxylation is 2. The molecule has 2 N–H and O–H groups in total. The molecule has 0 saturated heterocycles. The van der Waals surface area contributed by atoms with Crippen LogP contribution in [0, 0.1) is 13.8 Å². The minimum absolute atomic E-state index is 0.0508. The van der Waals surface area contributed by atoms with E-state index in [0.29, 0.717) is 6.54 Å². The zero-order valence-corrected chi connectivity index (χ0v) is 13.3. The third-order valence-electron chi connectivity index (χ3n) is 4.28. The lowest BCUT2D eigenvalue weighted by atomic mass is 9.91. The lowest BCUT2D eigenvalue weighted by Crippen LogP contribution is -2.50. The van der Waals surface area contributed by atoms with Crippen LogP contribution < -0.4 is 10.6 Å². The summed E-state index contributed by atoms with van der Waals surface area (Å²) in [7, 11) is 2.18. The lowest BCUT2D eigenvalue weighted by molar-refractivity contribution is 0.400. The Balaban J connectivity index is 2.90. The largest absolute Gasteiger partial charge is 0.368 e. The number of likely N-dealkylation sites (N-methyl/N-ethyl adjacent to an activating group) is 1. The number of anilines is 1. The van der Waals surface area contributed by atoms with Crippen molar-refractivity contribution in [3.05, 3.63) is 29.3 Å². The van der Waals surface area contributed by atoms with Crippen molar-refractivity contribution in [1.29, 1.82) is 0 Å². The molecule has 0 saturated carbocycles. The van der Waals surface area contributed by atoms with E-state index in [1.165, 1.54) is 36.1 Å². The molecule has 0 bridgehead atoms. The highest BCUT2D eigenvalue weighted by molar-refractivity contribution is 5.55. The van der Waals surface area contributed by atoms with E-state index in [9.17, 15) is 0 Å². The van der Waals surface area contributed by atoms with E-state index >= 15 is 0 Å². The van der Waals surface area contributed by atoms with Crippen molar-refractivity contribution in [3.8, 4) is 0 Å². The molecule has 0 aliphatic carbocycles. The fraction of sp³-hybridized carbons (Fsp3) is 0.647. The molecule has 1 aromatic carbocycles. The molecule has 0 spiro atoms. The van der Waals surface area contributed by atoms with Crippen molar-refractivity contribution in [2.24, 2.45) is 5.73 Å². The molecule has 1 atom stereocenters. The van der Waals surface area contributed by atoms with Crippen molar-refractivity contribution in [1.82, 2.24) is 0 Å². The molecule has 0 aromatic heterocycles. The molecular weight excluding hydrogens is 232 g/mol. The van der Waals surface area contributed by atoms with Gasteiger partial charge in [0.15, 0.2) is 0 Å². The summed E-state index contributed by atoms with van der Waals surface area (Å²) in [6.07, 6.45) is 4.95. The molecule has 19 heavy (non-hydrogen) atoms.